The molecule has 0 aromatic carbocycles. The van der Waals surface area contributed by atoms with Crippen LogP contribution in [-0.4, -0.2) is 11.5 Å². The maximum absolute atomic E-state index is 4.31. The summed E-state index contributed by atoms with van der Waals surface area (Å²) in [7, 11) is 0. The summed E-state index contributed by atoms with van der Waals surface area (Å²) in [6.07, 6.45) is 8.94. The predicted octanol–water partition coefficient (Wildman–Crippen LogP) is 3.39. The average molecular weight is 232 g/mol. The van der Waals surface area contributed by atoms with Crippen molar-refractivity contribution in [2.45, 2.75) is 45.6 Å². The normalized spacial score (nSPS) is 24.8. The largest absolute Gasteiger partial charge is 0.311 e. The van der Waals surface area contributed by atoms with Gasteiger partial charge in [-0.2, -0.15) is 0 Å². The van der Waals surface area contributed by atoms with Crippen molar-refractivity contribution in [1.82, 2.24) is 10.3 Å². The Morgan fingerprint density at radius 1 is 1.24 bits per heavy atom. The van der Waals surface area contributed by atoms with E-state index in [0.717, 1.165) is 30.6 Å². The molecule has 0 radical (unpaired) electrons. The van der Waals surface area contributed by atoms with E-state index in [0.29, 0.717) is 0 Å². The molecule has 2 heteroatoms. The Bertz CT molecular complexity index is 302. The number of hydrogen-bond acceptors (Lipinski definition) is 2. The molecule has 1 aromatic rings. The van der Waals surface area contributed by atoms with Gasteiger partial charge < -0.3 is 5.32 Å². The minimum Gasteiger partial charge on any atom is -0.311 e. The van der Waals surface area contributed by atoms with Gasteiger partial charge in [0.2, 0.25) is 0 Å². The SMILES string of the molecule is CC1CCC(CCNCc2ccccn2)CC1. The molecule has 0 aliphatic heterocycles. The van der Waals surface area contributed by atoms with Crippen molar-refractivity contribution < 1.29 is 0 Å². The maximum Gasteiger partial charge on any atom is 0.0541 e. The van der Waals surface area contributed by atoms with Gasteiger partial charge in [0.05, 0.1) is 5.69 Å². The second-order valence-corrected chi connectivity index (χ2v) is 5.41. The summed E-state index contributed by atoms with van der Waals surface area (Å²) >= 11 is 0. The van der Waals surface area contributed by atoms with Gasteiger partial charge in [-0.1, -0.05) is 38.7 Å². The van der Waals surface area contributed by atoms with E-state index in [1.165, 1.54) is 32.1 Å². The van der Waals surface area contributed by atoms with E-state index in [9.17, 15) is 0 Å². The van der Waals surface area contributed by atoms with E-state index in [4.69, 9.17) is 0 Å². The lowest BCUT2D eigenvalue weighted by molar-refractivity contribution is 0.275. The van der Waals surface area contributed by atoms with E-state index in [1.54, 1.807) is 0 Å². The second-order valence-electron chi connectivity index (χ2n) is 5.41. The van der Waals surface area contributed by atoms with E-state index >= 15 is 0 Å². The third-order valence-corrected chi connectivity index (χ3v) is 3.90. The zero-order chi connectivity index (χ0) is 11.9. The van der Waals surface area contributed by atoms with Gasteiger partial charge in [0, 0.05) is 12.7 Å². The Morgan fingerprint density at radius 3 is 2.76 bits per heavy atom. The topological polar surface area (TPSA) is 24.9 Å². The van der Waals surface area contributed by atoms with Gasteiger partial charge in [-0.25, -0.2) is 0 Å². The van der Waals surface area contributed by atoms with Crippen LogP contribution in [0.4, 0.5) is 0 Å². The van der Waals surface area contributed by atoms with Crippen molar-refractivity contribution in [3.63, 3.8) is 0 Å². The first-order valence-corrected chi connectivity index (χ1v) is 6.95. The van der Waals surface area contributed by atoms with Crippen molar-refractivity contribution >= 4 is 0 Å². The number of aromatic nitrogens is 1. The fourth-order valence-electron chi connectivity index (χ4n) is 2.64. The molecular weight excluding hydrogens is 208 g/mol. The second kappa shape index (κ2) is 6.75. The number of nitrogens with one attached hydrogen (secondary N) is 1. The highest BCUT2D eigenvalue weighted by Crippen LogP contribution is 2.29. The molecule has 0 unspecified atom stereocenters. The van der Waals surface area contributed by atoms with Crippen molar-refractivity contribution in [3.8, 4) is 0 Å². The van der Waals surface area contributed by atoms with E-state index in [1.807, 2.05) is 18.3 Å². The minimum absolute atomic E-state index is 0.907. The first-order valence-electron chi connectivity index (χ1n) is 6.95. The predicted molar refractivity (Wildman–Crippen MR) is 71.7 cm³/mol. The van der Waals surface area contributed by atoms with Gasteiger partial charge in [-0.05, 0) is 36.9 Å². The Morgan fingerprint density at radius 2 is 2.06 bits per heavy atom. The van der Waals surface area contributed by atoms with Crippen molar-refractivity contribution in [1.29, 1.82) is 0 Å². The summed E-state index contributed by atoms with van der Waals surface area (Å²) in [5.74, 6) is 1.93. The molecule has 2 rings (SSSR count). The smallest absolute Gasteiger partial charge is 0.0541 e. The van der Waals surface area contributed by atoms with Crippen molar-refractivity contribution in [2.24, 2.45) is 11.8 Å². The van der Waals surface area contributed by atoms with Crippen LogP contribution < -0.4 is 5.32 Å². The number of rotatable bonds is 5. The molecule has 0 saturated heterocycles. The van der Waals surface area contributed by atoms with Crippen LogP contribution in [-0.2, 0) is 6.54 Å². The third kappa shape index (κ3) is 4.47. The Labute approximate surface area is 105 Å². The molecule has 1 aromatic heterocycles. The molecule has 1 N–H and O–H groups in total. The fraction of sp³-hybridized carbons (Fsp3) is 0.667. The number of nitrogens with zero attached hydrogens (tertiary/aromatic N) is 1. The minimum atomic E-state index is 0.907. The van der Waals surface area contributed by atoms with Gasteiger partial charge in [-0.3, -0.25) is 4.98 Å². The maximum atomic E-state index is 4.31. The fourth-order valence-corrected chi connectivity index (χ4v) is 2.64. The highest BCUT2D eigenvalue weighted by Gasteiger charge is 2.17. The summed E-state index contributed by atoms with van der Waals surface area (Å²) in [6, 6.07) is 6.09. The third-order valence-electron chi connectivity index (χ3n) is 3.90. The van der Waals surface area contributed by atoms with E-state index in [-0.39, 0.29) is 0 Å². The van der Waals surface area contributed by atoms with Crippen LogP contribution in [0.2, 0.25) is 0 Å². The molecule has 1 aliphatic carbocycles. The van der Waals surface area contributed by atoms with Gasteiger partial charge >= 0.3 is 0 Å². The molecule has 1 fully saturated rings. The summed E-state index contributed by atoms with van der Waals surface area (Å²) < 4.78 is 0. The van der Waals surface area contributed by atoms with Gasteiger partial charge in [-0.15, -0.1) is 0 Å². The molecule has 1 heterocycles. The molecule has 1 saturated carbocycles. The summed E-state index contributed by atoms with van der Waals surface area (Å²) in [6.45, 7) is 4.43. The van der Waals surface area contributed by atoms with Crippen molar-refractivity contribution in [3.05, 3.63) is 30.1 Å². The lowest BCUT2D eigenvalue weighted by Gasteiger charge is -2.26. The molecule has 17 heavy (non-hydrogen) atoms. The van der Waals surface area contributed by atoms with Crippen LogP contribution >= 0.6 is 0 Å². The average Bonchev–Trinajstić information content (AvgIpc) is 2.38. The van der Waals surface area contributed by atoms with Crippen LogP contribution in [0.5, 0.6) is 0 Å². The summed E-state index contributed by atoms with van der Waals surface area (Å²) in [5, 5.41) is 3.50. The summed E-state index contributed by atoms with van der Waals surface area (Å²) in [5.41, 5.74) is 1.14. The Kier molecular flexibility index (Phi) is 4.99. The summed E-state index contributed by atoms with van der Waals surface area (Å²) in [4.78, 5) is 4.31. The van der Waals surface area contributed by atoms with Crippen LogP contribution in [0, 0.1) is 11.8 Å². The Hall–Kier alpha value is -0.890. The van der Waals surface area contributed by atoms with Gasteiger partial charge in [0.1, 0.15) is 0 Å². The molecular formula is C15H24N2. The molecule has 0 bridgehead atoms. The van der Waals surface area contributed by atoms with Gasteiger partial charge in [0.15, 0.2) is 0 Å². The van der Waals surface area contributed by atoms with E-state index in [2.05, 4.69) is 23.3 Å². The monoisotopic (exact) mass is 232 g/mol. The first kappa shape index (κ1) is 12.6. The molecule has 0 amide bonds. The van der Waals surface area contributed by atoms with Crippen LogP contribution in [0.25, 0.3) is 0 Å². The molecule has 2 nitrogen and oxygen atoms in total. The number of hydrogen-bond donors (Lipinski definition) is 1. The molecule has 94 valence electrons. The highest BCUT2D eigenvalue weighted by molar-refractivity contribution is 5.02. The van der Waals surface area contributed by atoms with Crippen LogP contribution in [0.1, 0.15) is 44.7 Å². The molecule has 1 aliphatic rings. The number of pyridine rings is 1. The quantitative estimate of drug-likeness (QED) is 0.787. The first-order chi connectivity index (χ1) is 8.34. The molecule has 0 spiro atoms. The van der Waals surface area contributed by atoms with Crippen LogP contribution in [0.15, 0.2) is 24.4 Å². The highest BCUT2D eigenvalue weighted by atomic mass is 14.9. The Balaban J connectivity index is 1.57. The lowest BCUT2D eigenvalue weighted by Crippen LogP contribution is -2.20. The standard InChI is InChI=1S/C15H24N2/c1-13-5-7-14(8-6-13)9-11-16-12-15-4-2-3-10-17-15/h2-4,10,13-14,16H,5-9,11-12H2,1H3. The zero-order valence-corrected chi connectivity index (χ0v) is 10.9. The lowest BCUT2D eigenvalue weighted by atomic mass is 9.81. The van der Waals surface area contributed by atoms with Crippen LogP contribution in [0.3, 0.4) is 0 Å². The van der Waals surface area contributed by atoms with Gasteiger partial charge in [0.25, 0.3) is 0 Å². The zero-order valence-electron chi connectivity index (χ0n) is 10.9. The van der Waals surface area contributed by atoms with E-state index < -0.39 is 0 Å². The van der Waals surface area contributed by atoms with Crippen molar-refractivity contribution in [2.75, 3.05) is 6.54 Å². The molecule has 0 atom stereocenters.